The van der Waals surface area contributed by atoms with Crippen LogP contribution in [0.1, 0.15) is 21.9 Å². The first kappa shape index (κ1) is 20.3. The summed E-state index contributed by atoms with van der Waals surface area (Å²) in [6.07, 6.45) is 2.93. The van der Waals surface area contributed by atoms with E-state index in [1.54, 1.807) is 12.1 Å². The maximum absolute atomic E-state index is 14.5. The third kappa shape index (κ3) is 4.17. The van der Waals surface area contributed by atoms with Crippen LogP contribution in [0, 0.1) is 23.0 Å². The zero-order valence-corrected chi connectivity index (χ0v) is 16.7. The van der Waals surface area contributed by atoms with Gasteiger partial charge in [-0.1, -0.05) is 18.2 Å². The molecular formula is C23H14F2N2O3S. The van der Waals surface area contributed by atoms with Crippen LogP contribution in [0.2, 0.25) is 0 Å². The molecule has 0 bridgehead atoms. The van der Waals surface area contributed by atoms with E-state index < -0.39 is 23.5 Å². The number of fused-ring (bicyclic) bond motifs is 1. The maximum atomic E-state index is 14.5. The summed E-state index contributed by atoms with van der Waals surface area (Å²) in [5, 5.41) is 11.4. The van der Waals surface area contributed by atoms with Crippen LogP contribution >= 0.6 is 11.3 Å². The van der Waals surface area contributed by atoms with E-state index in [4.69, 9.17) is 15.2 Å². The Morgan fingerprint density at radius 2 is 2.00 bits per heavy atom. The molecule has 2 aromatic carbocycles. The third-order valence-corrected chi connectivity index (χ3v) is 5.45. The van der Waals surface area contributed by atoms with Crippen LogP contribution in [0.25, 0.3) is 6.08 Å². The zero-order valence-electron chi connectivity index (χ0n) is 15.8. The van der Waals surface area contributed by atoms with Gasteiger partial charge in [0, 0.05) is 34.2 Å². The normalized spacial score (nSPS) is 15.3. The molecule has 0 saturated heterocycles. The fourth-order valence-corrected chi connectivity index (χ4v) is 3.86. The van der Waals surface area contributed by atoms with Crippen molar-refractivity contribution in [2.45, 2.75) is 5.92 Å². The van der Waals surface area contributed by atoms with Crippen molar-refractivity contribution < 1.29 is 23.0 Å². The minimum atomic E-state index is -0.891. The van der Waals surface area contributed by atoms with Crippen LogP contribution in [-0.2, 0) is 4.79 Å². The summed E-state index contributed by atoms with van der Waals surface area (Å²) in [6.45, 7) is 0. The molecule has 0 radical (unpaired) electrons. The molecule has 5 nitrogen and oxygen atoms in total. The van der Waals surface area contributed by atoms with Gasteiger partial charge in [-0.25, -0.2) is 13.6 Å². The average Bonchev–Trinajstić information content (AvgIpc) is 3.25. The second kappa shape index (κ2) is 8.42. The highest BCUT2D eigenvalue weighted by Crippen LogP contribution is 2.44. The highest BCUT2D eigenvalue weighted by Gasteiger charge is 2.32. The van der Waals surface area contributed by atoms with Crippen molar-refractivity contribution in [2.75, 3.05) is 0 Å². The van der Waals surface area contributed by atoms with Crippen molar-refractivity contribution in [3.05, 3.63) is 99.1 Å². The topological polar surface area (TPSA) is 85.3 Å². The van der Waals surface area contributed by atoms with Gasteiger partial charge in [0.1, 0.15) is 34.8 Å². The number of hydrogen-bond donors (Lipinski definition) is 1. The SMILES string of the molecule is N#CC1=C(N)Oc2cc(OC(=O)/C=C/c3cccs3)ccc2C1c1ccc(F)cc1F. The highest BCUT2D eigenvalue weighted by atomic mass is 32.1. The summed E-state index contributed by atoms with van der Waals surface area (Å²) in [5.41, 5.74) is 6.40. The van der Waals surface area contributed by atoms with Crippen molar-refractivity contribution >= 4 is 23.4 Å². The lowest BCUT2D eigenvalue weighted by molar-refractivity contribution is -0.128. The van der Waals surface area contributed by atoms with E-state index in [-0.39, 0.29) is 28.5 Å². The van der Waals surface area contributed by atoms with Crippen molar-refractivity contribution in [3.63, 3.8) is 0 Å². The van der Waals surface area contributed by atoms with E-state index >= 15 is 0 Å². The summed E-state index contributed by atoms with van der Waals surface area (Å²) in [6, 6.07) is 13.3. The summed E-state index contributed by atoms with van der Waals surface area (Å²) >= 11 is 1.48. The van der Waals surface area contributed by atoms with Crippen molar-refractivity contribution in [2.24, 2.45) is 5.73 Å². The monoisotopic (exact) mass is 436 g/mol. The largest absolute Gasteiger partial charge is 0.440 e. The second-order valence-corrected chi connectivity index (χ2v) is 7.54. The van der Waals surface area contributed by atoms with Gasteiger partial charge in [0.15, 0.2) is 0 Å². The molecule has 1 aromatic heterocycles. The Morgan fingerprint density at radius 1 is 1.19 bits per heavy atom. The lowest BCUT2D eigenvalue weighted by atomic mass is 9.83. The number of nitrogens with two attached hydrogens (primary N) is 1. The molecule has 1 aliphatic heterocycles. The fraction of sp³-hybridized carbons (Fsp3) is 0.0435. The lowest BCUT2D eigenvalue weighted by Gasteiger charge is -2.27. The molecule has 2 heterocycles. The van der Waals surface area contributed by atoms with Crippen LogP contribution in [0.4, 0.5) is 8.78 Å². The molecule has 0 fully saturated rings. The molecule has 4 rings (SSSR count). The molecule has 1 atom stereocenters. The van der Waals surface area contributed by atoms with Gasteiger partial charge in [-0.15, -0.1) is 11.3 Å². The molecule has 0 amide bonds. The summed E-state index contributed by atoms with van der Waals surface area (Å²) in [5.74, 6) is -2.84. The summed E-state index contributed by atoms with van der Waals surface area (Å²) in [4.78, 5) is 13.0. The maximum Gasteiger partial charge on any atom is 0.336 e. The first-order valence-corrected chi connectivity index (χ1v) is 9.94. The Hall–Kier alpha value is -3.96. The average molecular weight is 436 g/mol. The van der Waals surface area contributed by atoms with Crippen LogP contribution in [0.15, 0.2) is 71.4 Å². The third-order valence-electron chi connectivity index (χ3n) is 4.61. The minimum absolute atomic E-state index is 0.00151. The van der Waals surface area contributed by atoms with Gasteiger partial charge >= 0.3 is 5.97 Å². The number of rotatable bonds is 4. The number of nitriles is 1. The van der Waals surface area contributed by atoms with Crippen LogP contribution in [-0.4, -0.2) is 5.97 Å². The van der Waals surface area contributed by atoms with E-state index in [0.717, 1.165) is 17.0 Å². The molecule has 3 aromatic rings. The molecule has 0 saturated carbocycles. The zero-order chi connectivity index (χ0) is 22.0. The summed E-state index contributed by atoms with van der Waals surface area (Å²) < 4.78 is 38.7. The van der Waals surface area contributed by atoms with Gasteiger partial charge in [0.25, 0.3) is 0 Å². The Morgan fingerprint density at radius 3 is 2.71 bits per heavy atom. The van der Waals surface area contributed by atoms with Crippen LogP contribution in [0.5, 0.6) is 11.5 Å². The number of nitrogens with zero attached hydrogens (tertiary/aromatic N) is 1. The molecule has 31 heavy (non-hydrogen) atoms. The van der Waals surface area contributed by atoms with E-state index in [2.05, 4.69) is 0 Å². The molecule has 0 spiro atoms. The van der Waals surface area contributed by atoms with E-state index in [1.807, 2.05) is 23.6 Å². The number of halogens is 2. The Kier molecular flexibility index (Phi) is 5.52. The number of carbonyl (C=O) groups excluding carboxylic acids is 1. The standard InChI is InChI=1S/C23H14F2N2O3S/c24-13-3-6-16(19(25)10-13)22-17-7-4-14(11-20(17)30-23(27)18(22)12-26)29-21(28)8-5-15-2-1-9-31-15/h1-11,22H,27H2/b8-5+. The molecule has 8 heteroatoms. The van der Waals surface area contributed by atoms with Crippen LogP contribution in [0.3, 0.4) is 0 Å². The molecule has 1 aliphatic rings. The predicted molar refractivity (Wildman–Crippen MR) is 111 cm³/mol. The van der Waals surface area contributed by atoms with Gasteiger partial charge < -0.3 is 15.2 Å². The van der Waals surface area contributed by atoms with Gasteiger partial charge in [-0.2, -0.15) is 5.26 Å². The van der Waals surface area contributed by atoms with Crippen molar-refractivity contribution in [3.8, 4) is 17.6 Å². The van der Waals surface area contributed by atoms with Gasteiger partial charge in [-0.05, 0) is 29.7 Å². The first-order chi connectivity index (χ1) is 15.0. The Labute approximate surface area is 180 Å². The van der Waals surface area contributed by atoms with Gasteiger partial charge in [0.2, 0.25) is 5.88 Å². The molecule has 2 N–H and O–H groups in total. The lowest BCUT2D eigenvalue weighted by Crippen LogP contribution is -2.21. The predicted octanol–water partition coefficient (Wildman–Crippen LogP) is 4.86. The van der Waals surface area contributed by atoms with Crippen molar-refractivity contribution in [1.82, 2.24) is 0 Å². The number of ether oxygens (including phenoxy) is 2. The number of carbonyl (C=O) groups is 1. The number of hydrogen-bond acceptors (Lipinski definition) is 6. The number of esters is 1. The highest BCUT2D eigenvalue weighted by molar-refractivity contribution is 7.10. The van der Waals surface area contributed by atoms with E-state index in [0.29, 0.717) is 5.56 Å². The quantitative estimate of drug-likeness (QED) is 0.359. The number of allylic oxidation sites excluding steroid dienone is 1. The Balaban J connectivity index is 1.66. The smallest absolute Gasteiger partial charge is 0.336 e. The minimum Gasteiger partial charge on any atom is -0.440 e. The molecule has 154 valence electrons. The number of benzene rings is 2. The first-order valence-electron chi connectivity index (χ1n) is 9.06. The number of thiophene rings is 1. The Bertz CT molecular complexity index is 1260. The fourth-order valence-electron chi connectivity index (χ4n) is 3.24. The van der Waals surface area contributed by atoms with E-state index in [1.165, 1.54) is 35.6 Å². The van der Waals surface area contributed by atoms with Crippen molar-refractivity contribution in [1.29, 1.82) is 5.26 Å². The molecule has 0 aliphatic carbocycles. The van der Waals surface area contributed by atoms with Gasteiger partial charge in [-0.3, -0.25) is 0 Å². The van der Waals surface area contributed by atoms with E-state index in [9.17, 15) is 18.8 Å². The summed E-state index contributed by atoms with van der Waals surface area (Å²) in [7, 11) is 0. The molecular weight excluding hydrogens is 422 g/mol. The second-order valence-electron chi connectivity index (χ2n) is 6.56. The van der Waals surface area contributed by atoms with Gasteiger partial charge in [0.05, 0.1) is 5.92 Å². The van der Waals surface area contributed by atoms with Crippen LogP contribution < -0.4 is 15.2 Å². The molecule has 1 unspecified atom stereocenters.